The third-order valence-electron chi connectivity index (χ3n) is 2.95. The van der Waals surface area contributed by atoms with Gasteiger partial charge in [-0.1, -0.05) is 12.1 Å². The standard InChI is InChI=1S/C11H13N3/c12-11(3-4-11)6-8-1-2-9-7-13-14-10(9)5-8/h1-2,5,7H,3-4,6,12H2,(H,13,14). The number of fused-ring (bicyclic) bond motifs is 1. The van der Waals surface area contributed by atoms with Crippen LogP contribution >= 0.6 is 0 Å². The number of hydrogen-bond acceptors (Lipinski definition) is 2. The summed E-state index contributed by atoms with van der Waals surface area (Å²) in [6.07, 6.45) is 5.15. The molecule has 0 radical (unpaired) electrons. The summed E-state index contributed by atoms with van der Waals surface area (Å²) in [5.74, 6) is 0. The molecule has 1 saturated carbocycles. The van der Waals surface area contributed by atoms with E-state index in [4.69, 9.17) is 5.73 Å². The first-order valence-corrected chi connectivity index (χ1v) is 4.96. The minimum Gasteiger partial charge on any atom is -0.325 e. The number of aromatic amines is 1. The molecule has 1 aromatic carbocycles. The second kappa shape index (κ2) is 2.58. The van der Waals surface area contributed by atoms with Gasteiger partial charge in [-0.05, 0) is 30.9 Å². The molecule has 0 amide bonds. The second-order valence-electron chi connectivity index (χ2n) is 4.33. The highest BCUT2D eigenvalue weighted by Gasteiger charge is 2.37. The molecular formula is C11H13N3. The van der Waals surface area contributed by atoms with Gasteiger partial charge in [-0.15, -0.1) is 0 Å². The van der Waals surface area contributed by atoms with E-state index < -0.39 is 0 Å². The molecule has 3 nitrogen and oxygen atoms in total. The number of nitrogens with two attached hydrogens (primary N) is 1. The SMILES string of the molecule is NC1(Cc2ccc3cn[nH]c3c2)CC1. The minimum absolute atomic E-state index is 0.0910. The Bertz CT molecular complexity index is 468. The number of hydrogen-bond donors (Lipinski definition) is 2. The van der Waals surface area contributed by atoms with Gasteiger partial charge in [0, 0.05) is 10.9 Å². The molecule has 0 saturated heterocycles. The number of H-pyrrole nitrogens is 1. The third-order valence-corrected chi connectivity index (χ3v) is 2.95. The van der Waals surface area contributed by atoms with Crippen molar-refractivity contribution in [3.8, 4) is 0 Å². The zero-order valence-corrected chi connectivity index (χ0v) is 7.96. The molecule has 0 unspecified atom stereocenters. The van der Waals surface area contributed by atoms with Crippen molar-refractivity contribution in [1.29, 1.82) is 0 Å². The van der Waals surface area contributed by atoms with Crippen LogP contribution in [0.1, 0.15) is 18.4 Å². The Labute approximate surface area is 82.3 Å². The average molecular weight is 187 g/mol. The molecule has 0 atom stereocenters. The quantitative estimate of drug-likeness (QED) is 0.750. The van der Waals surface area contributed by atoms with Gasteiger partial charge in [0.2, 0.25) is 0 Å². The van der Waals surface area contributed by atoms with Gasteiger partial charge in [-0.2, -0.15) is 5.10 Å². The van der Waals surface area contributed by atoms with Gasteiger partial charge >= 0.3 is 0 Å². The van der Waals surface area contributed by atoms with Crippen molar-refractivity contribution in [3.05, 3.63) is 30.0 Å². The van der Waals surface area contributed by atoms with Crippen molar-refractivity contribution in [1.82, 2.24) is 10.2 Å². The van der Waals surface area contributed by atoms with Gasteiger partial charge in [0.05, 0.1) is 11.7 Å². The van der Waals surface area contributed by atoms with Crippen LogP contribution in [-0.4, -0.2) is 15.7 Å². The van der Waals surface area contributed by atoms with Crippen LogP contribution in [0.3, 0.4) is 0 Å². The number of benzene rings is 1. The fourth-order valence-electron chi connectivity index (χ4n) is 1.84. The molecule has 1 heterocycles. The van der Waals surface area contributed by atoms with Crippen molar-refractivity contribution < 1.29 is 0 Å². The fraction of sp³-hybridized carbons (Fsp3) is 0.364. The van der Waals surface area contributed by atoms with E-state index in [0.717, 1.165) is 30.2 Å². The largest absolute Gasteiger partial charge is 0.325 e. The van der Waals surface area contributed by atoms with E-state index in [1.807, 2.05) is 6.20 Å². The smallest absolute Gasteiger partial charge is 0.0653 e. The van der Waals surface area contributed by atoms with E-state index in [1.54, 1.807) is 0 Å². The van der Waals surface area contributed by atoms with Crippen LogP contribution < -0.4 is 5.73 Å². The lowest BCUT2D eigenvalue weighted by molar-refractivity contribution is 0.672. The Morgan fingerprint density at radius 3 is 3.07 bits per heavy atom. The summed E-state index contributed by atoms with van der Waals surface area (Å²) in [5.41, 5.74) is 8.57. The van der Waals surface area contributed by atoms with Crippen LogP contribution in [0.15, 0.2) is 24.4 Å². The summed E-state index contributed by atoms with van der Waals surface area (Å²) in [6, 6.07) is 6.39. The molecule has 1 fully saturated rings. The summed E-state index contributed by atoms with van der Waals surface area (Å²) in [6.45, 7) is 0. The van der Waals surface area contributed by atoms with E-state index >= 15 is 0 Å². The number of rotatable bonds is 2. The zero-order valence-electron chi connectivity index (χ0n) is 7.96. The molecule has 72 valence electrons. The van der Waals surface area contributed by atoms with E-state index in [0.29, 0.717) is 0 Å². The molecule has 0 spiro atoms. The molecule has 3 heteroatoms. The van der Waals surface area contributed by atoms with Crippen molar-refractivity contribution in [2.75, 3.05) is 0 Å². The Hall–Kier alpha value is -1.35. The van der Waals surface area contributed by atoms with E-state index in [9.17, 15) is 0 Å². The lowest BCUT2D eigenvalue weighted by Crippen LogP contribution is -2.24. The molecule has 3 rings (SSSR count). The maximum atomic E-state index is 6.07. The second-order valence-corrected chi connectivity index (χ2v) is 4.33. The molecule has 1 aromatic heterocycles. The highest BCUT2D eigenvalue weighted by Crippen LogP contribution is 2.35. The average Bonchev–Trinajstić information content (AvgIpc) is 2.73. The third kappa shape index (κ3) is 1.30. The van der Waals surface area contributed by atoms with Gasteiger partial charge in [-0.3, -0.25) is 5.10 Å². The highest BCUT2D eigenvalue weighted by molar-refractivity contribution is 5.78. The number of nitrogens with zero attached hydrogens (tertiary/aromatic N) is 1. The van der Waals surface area contributed by atoms with Crippen LogP contribution in [0.25, 0.3) is 10.9 Å². The Morgan fingerprint density at radius 2 is 2.29 bits per heavy atom. The Kier molecular flexibility index (Phi) is 1.47. The first kappa shape index (κ1) is 8.00. The number of aromatic nitrogens is 2. The normalized spacial score (nSPS) is 18.6. The summed E-state index contributed by atoms with van der Waals surface area (Å²) in [4.78, 5) is 0. The Balaban J connectivity index is 1.97. The van der Waals surface area contributed by atoms with Crippen molar-refractivity contribution in [2.45, 2.75) is 24.8 Å². The summed E-state index contributed by atoms with van der Waals surface area (Å²) >= 11 is 0. The van der Waals surface area contributed by atoms with E-state index in [1.165, 1.54) is 5.56 Å². The lowest BCUT2D eigenvalue weighted by atomic mass is 10.0. The molecule has 1 aliphatic rings. The topological polar surface area (TPSA) is 54.7 Å². The van der Waals surface area contributed by atoms with Gasteiger partial charge < -0.3 is 5.73 Å². The lowest BCUT2D eigenvalue weighted by Gasteiger charge is -2.07. The van der Waals surface area contributed by atoms with Gasteiger partial charge in [0.15, 0.2) is 0 Å². The summed E-state index contributed by atoms with van der Waals surface area (Å²) in [7, 11) is 0. The van der Waals surface area contributed by atoms with Crippen molar-refractivity contribution in [3.63, 3.8) is 0 Å². The van der Waals surface area contributed by atoms with Crippen LogP contribution in [-0.2, 0) is 6.42 Å². The predicted octanol–water partition coefficient (Wildman–Crippen LogP) is 1.60. The predicted molar refractivity (Wildman–Crippen MR) is 56.0 cm³/mol. The van der Waals surface area contributed by atoms with Crippen LogP contribution in [0.4, 0.5) is 0 Å². The fourth-order valence-corrected chi connectivity index (χ4v) is 1.84. The minimum atomic E-state index is 0.0910. The Morgan fingerprint density at radius 1 is 1.43 bits per heavy atom. The van der Waals surface area contributed by atoms with E-state index in [2.05, 4.69) is 28.4 Å². The first-order chi connectivity index (χ1) is 6.75. The number of nitrogens with one attached hydrogen (secondary N) is 1. The molecule has 0 bridgehead atoms. The molecule has 0 aliphatic heterocycles. The van der Waals surface area contributed by atoms with E-state index in [-0.39, 0.29) is 5.54 Å². The summed E-state index contributed by atoms with van der Waals surface area (Å²) < 4.78 is 0. The molecule has 2 aromatic rings. The van der Waals surface area contributed by atoms with Crippen LogP contribution in [0.2, 0.25) is 0 Å². The van der Waals surface area contributed by atoms with Crippen LogP contribution in [0.5, 0.6) is 0 Å². The van der Waals surface area contributed by atoms with Crippen molar-refractivity contribution in [2.24, 2.45) is 5.73 Å². The maximum absolute atomic E-state index is 6.07. The maximum Gasteiger partial charge on any atom is 0.0653 e. The van der Waals surface area contributed by atoms with Crippen molar-refractivity contribution >= 4 is 10.9 Å². The van der Waals surface area contributed by atoms with Gasteiger partial charge in [-0.25, -0.2) is 0 Å². The molecule has 14 heavy (non-hydrogen) atoms. The molecule has 3 N–H and O–H groups in total. The molecule has 1 aliphatic carbocycles. The monoisotopic (exact) mass is 187 g/mol. The van der Waals surface area contributed by atoms with Crippen LogP contribution in [0, 0.1) is 0 Å². The van der Waals surface area contributed by atoms with Gasteiger partial charge in [0.1, 0.15) is 0 Å². The highest BCUT2D eigenvalue weighted by atomic mass is 15.1. The summed E-state index contributed by atoms with van der Waals surface area (Å²) in [5, 5.41) is 8.14. The first-order valence-electron chi connectivity index (χ1n) is 4.96. The zero-order chi connectivity index (χ0) is 9.60. The molecular weight excluding hydrogens is 174 g/mol. The van der Waals surface area contributed by atoms with Gasteiger partial charge in [0.25, 0.3) is 0 Å².